The molecule has 108 valence electrons. The summed E-state index contributed by atoms with van der Waals surface area (Å²) in [6, 6.07) is 4.86. The molecule has 0 saturated heterocycles. The molecule has 0 spiro atoms. The van der Waals surface area contributed by atoms with Gasteiger partial charge in [-0.3, -0.25) is 4.57 Å². The van der Waals surface area contributed by atoms with Crippen molar-refractivity contribution in [3.8, 4) is 0 Å². The first kappa shape index (κ1) is 14.7. The second-order valence-corrected chi connectivity index (χ2v) is 5.70. The molecular weight excluding hydrogens is 287 g/mol. The van der Waals surface area contributed by atoms with Crippen LogP contribution in [0.5, 0.6) is 0 Å². The van der Waals surface area contributed by atoms with Crippen LogP contribution in [0.25, 0.3) is 5.65 Å². The minimum Gasteiger partial charge on any atom is -0.479 e. The highest BCUT2D eigenvalue weighted by atomic mass is 31.2. The predicted octanol–water partition coefficient (Wildman–Crippen LogP) is -0.221. The van der Waals surface area contributed by atoms with Gasteiger partial charge in [-0.1, -0.05) is 6.07 Å². The summed E-state index contributed by atoms with van der Waals surface area (Å²) in [7, 11) is -3.16. The van der Waals surface area contributed by atoms with Gasteiger partial charge in [0.15, 0.2) is 11.5 Å². The second-order valence-electron chi connectivity index (χ2n) is 4.16. The summed E-state index contributed by atoms with van der Waals surface area (Å²) in [6.45, 7) is 0. The Kier molecular flexibility index (Phi) is 3.92. The van der Waals surface area contributed by atoms with Crippen LogP contribution in [-0.2, 0) is 20.5 Å². The molecule has 2 heterocycles. The van der Waals surface area contributed by atoms with E-state index < -0.39 is 19.7 Å². The molecule has 1 atom stereocenters. The van der Waals surface area contributed by atoms with E-state index in [1.807, 2.05) is 0 Å². The van der Waals surface area contributed by atoms with Crippen LogP contribution >= 0.6 is 7.60 Å². The molecule has 2 aromatic rings. The fourth-order valence-corrected chi connectivity index (χ4v) is 2.32. The molecule has 3 N–H and O–H groups in total. The largest absolute Gasteiger partial charge is 0.479 e. The van der Waals surface area contributed by atoms with Crippen molar-refractivity contribution in [2.75, 3.05) is 7.11 Å². The molecule has 0 saturated carbocycles. The smallest absolute Gasteiger partial charge is 0.376 e. The van der Waals surface area contributed by atoms with E-state index in [-0.39, 0.29) is 11.9 Å². The van der Waals surface area contributed by atoms with Crippen LogP contribution in [0.15, 0.2) is 24.4 Å². The monoisotopic (exact) mass is 300 g/mol. The minimum absolute atomic E-state index is 0.0557. The van der Waals surface area contributed by atoms with Crippen LogP contribution in [0.2, 0.25) is 0 Å². The van der Waals surface area contributed by atoms with Gasteiger partial charge in [-0.05, 0) is 12.1 Å². The molecule has 1 unspecified atom stereocenters. The molecule has 0 amide bonds. The lowest BCUT2D eigenvalue weighted by atomic mass is 10.2. The Morgan fingerprint density at radius 1 is 1.50 bits per heavy atom. The highest BCUT2D eigenvalue weighted by molar-refractivity contribution is 7.60. The van der Waals surface area contributed by atoms with E-state index in [2.05, 4.69) is 4.98 Å². The Bertz CT molecular complexity index is 691. The number of rotatable bonds is 5. The maximum Gasteiger partial charge on any atom is 0.376 e. The topological polar surface area (TPSA) is 121 Å². The zero-order chi connectivity index (χ0) is 14.9. The SMILES string of the molecule is COC(Cc1cccc2nc(P(=O)(O)O)cn12)C(=O)O. The minimum atomic E-state index is -4.45. The maximum atomic E-state index is 11.2. The predicted molar refractivity (Wildman–Crippen MR) is 69.0 cm³/mol. The van der Waals surface area contributed by atoms with Crippen LogP contribution in [0, 0.1) is 0 Å². The van der Waals surface area contributed by atoms with Crippen molar-refractivity contribution < 1.29 is 29.0 Å². The number of hydrogen-bond donors (Lipinski definition) is 3. The second kappa shape index (κ2) is 5.34. The third-order valence-corrected chi connectivity index (χ3v) is 3.63. The zero-order valence-corrected chi connectivity index (χ0v) is 11.4. The molecule has 0 fully saturated rings. The van der Waals surface area contributed by atoms with Crippen LogP contribution < -0.4 is 5.44 Å². The van der Waals surface area contributed by atoms with Crippen molar-refractivity contribution in [1.82, 2.24) is 9.38 Å². The number of hydrogen-bond acceptors (Lipinski definition) is 4. The van der Waals surface area contributed by atoms with E-state index in [4.69, 9.17) is 19.6 Å². The molecule has 0 aromatic carbocycles. The molecule has 20 heavy (non-hydrogen) atoms. The van der Waals surface area contributed by atoms with Gasteiger partial charge in [0.25, 0.3) is 0 Å². The van der Waals surface area contributed by atoms with Gasteiger partial charge in [0.1, 0.15) is 5.65 Å². The van der Waals surface area contributed by atoms with Gasteiger partial charge < -0.3 is 24.0 Å². The lowest BCUT2D eigenvalue weighted by Gasteiger charge is -2.11. The molecule has 2 aromatic heterocycles. The summed E-state index contributed by atoms with van der Waals surface area (Å²) in [5.74, 6) is -1.11. The standard InChI is InChI=1S/C11H13N2O6P/c1-19-8(11(14)15)5-7-3-2-4-9-12-10(6-13(7)9)20(16,17)18/h2-4,6,8H,5H2,1H3,(H,14,15)(H2,16,17,18). The first-order chi connectivity index (χ1) is 9.32. The number of nitrogens with zero attached hydrogens (tertiary/aromatic N) is 2. The van der Waals surface area contributed by atoms with Gasteiger partial charge in [0.05, 0.1) is 0 Å². The highest BCUT2D eigenvalue weighted by Gasteiger charge is 2.23. The van der Waals surface area contributed by atoms with Crippen molar-refractivity contribution in [2.24, 2.45) is 0 Å². The molecule has 9 heteroatoms. The summed E-state index contributed by atoms with van der Waals surface area (Å²) in [4.78, 5) is 33.0. The third-order valence-electron chi connectivity index (χ3n) is 2.82. The first-order valence-corrected chi connectivity index (χ1v) is 7.23. The number of imidazole rings is 1. The number of fused-ring (bicyclic) bond motifs is 1. The summed E-state index contributed by atoms with van der Waals surface area (Å²) < 4.78 is 17.5. The molecule has 0 aliphatic carbocycles. The summed E-state index contributed by atoms with van der Waals surface area (Å²) in [5, 5.41) is 8.97. The van der Waals surface area contributed by atoms with Gasteiger partial charge in [0.2, 0.25) is 0 Å². The lowest BCUT2D eigenvalue weighted by Crippen LogP contribution is -2.25. The van der Waals surface area contributed by atoms with Crippen molar-refractivity contribution in [1.29, 1.82) is 0 Å². The van der Waals surface area contributed by atoms with E-state index in [0.717, 1.165) is 0 Å². The number of carbonyl (C=O) groups is 1. The first-order valence-electron chi connectivity index (χ1n) is 5.61. The molecule has 0 bridgehead atoms. The fraction of sp³-hybridized carbons (Fsp3) is 0.273. The van der Waals surface area contributed by atoms with E-state index in [1.54, 1.807) is 18.2 Å². The molecule has 2 rings (SSSR count). The molecule has 8 nitrogen and oxygen atoms in total. The van der Waals surface area contributed by atoms with Crippen molar-refractivity contribution in [3.05, 3.63) is 30.1 Å². The van der Waals surface area contributed by atoms with Gasteiger partial charge in [-0.15, -0.1) is 0 Å². The van der Waals surface area contributed by atoms with Gasteiger partial charge in [0, 0.05) is 25.4 Å². The van der Waals surface area contributed by atoms with E-state index in [9.17, 15) is 9.36 Å². The van der Waals surface area contributed by atoms with Crippen molar-refractivity contribution in [2.45, 2.75) is 12.5 Å². The van der Waals surface area contributed by atoms with E-state index >= 15 is 0 Å². The fourth-order valence-electron chi connectivity index (χ4n) is 1.82. The summed E-state index contributed by atoms with van der Waals surface area (Å²) in [6.07, 6.45) is 0.224. The lowest BCUT2D eigenvalue weighted by molar-refractivity contribution is -0.148. The van der Waals surface area contributed by atoms with Gasteiger partial charge >= 0.3 is 13.6 Å². The highest BCUT2D eigenvalue weighted by Crippen LogP contribution is 2.32. The normalized spacial score (nSPS) is 13.6. The Balaban J connectivity index is 2.46. The molecule has 0 aliphatic heterocycles. The Labute approximate surface area is 113 Å². The number of ether oxygens (including phenoxy) is 1. The van der Waals surface area contributed by atoms with Gasteiger partial charge in [-0.2, -0.15) is 0 Å². The van der Waals surface area contributed by atoms with Crippen LogP contribution in [0.1, 0.15) is 5.69 Å². The average molecular weight is 300 g/mol. The number of carboxylic acids is 1. The summed E-state index contributed by atoms with van der Waals surface area (Å²) >= 11 is 0. The third kappa shape index (κ3) is 2.88. The van der Waals surface area contributed by atoms with Crippen molar-refractivity contribution >= 4 is 24.6 Å². The number of methoxy groups -OCH3 is 1. The molecular formula is C11H13N2O6P. The van der Waals surface area contributed by atoms with Crippen LogP contribution in [0.3, 0.4) is 0 Å². The number of carboxylic acid groups (broad SMARTS) is 1. The molecule has 0 aliphatic rings. The number of aliphatic carboxylic acids is 1. The Hall–Kier alpha value is -1.73. The number of aromatic nitrogens is 2. The van der Waals surface area contributed by atoms with Crippen LogP contribution in [-0.4, -0.2) is 43.5 Å². The molecule has 0 radical (unpaired) electrons. The van der Waals surface area contributed by atoms with E-state index in [0.29, 0.717) is 11.3 Å². The Morgan fingerprint density at radius 2 is 2.20 bits per heavy atom. The van der Waals surface area contributed by atoms with Crippen molar-refractivity contribution in [3.63, 3.8) is 0 Å². The number of pyridine rings is 1. The average Bonchev–Trinajstić information content (AvgIpc) is 2.79. The maximum absolute atomic E-state index is 11.2. The Morgan fingerprint density at radius 3 is 2.75 bits per heavy atom. The van der Waals surface area contributed by atoms with E-state index in [1.165, 1.54) is 17.7 Å². The van der Waals surface area contributed by atoms with Gasteiger partial charge in [-0.25, -0.2) is 9.78 Å². The van der Waals surface area contributed by atoms with Crippen LogP contribution in [0.4, 0.5) is 0 Å². The summed E-state index contributed by atoms with van der Waals surface area (Å²) in [5.41, 5.74) is 0.513. The zero-order valence-electron chi connectivity index (χ0n) is 10.5. The quantitative estimate of drug-likeness (QED) is 0.652.